The highest BCUT2D eigenvalue weighted by Crippen LogP contribution is 2.35. The number of benzene rings is 2. The van der Waals surface area contributed by atoms with Crippen molar-refractivity contribution in [3.8, 4) is 11.5 Å². The number of amides is 4. The van der Waals surface area contributed by atoms with Crippen molar-refractivity contribution in [2.24, 2.45) is 0 Å². The van der Waals surface area contributed by atoms with Gasteiger partial charge in [-0.2, -0.15) is 4.48 Å². The molecule has 4 amide bonds. The van der Waals surface area contributed by atoms with Gasteiger partial charge < -0.3 is 42.9 Å². The second-order valence-electron chi connectivity index (χ2n) is 8.36. The molecule has 37 heavy (non-hydrogen) atoms. The fraction of sp³-hybridized carbons (Fsp3) is 0.174. The number of anilines is 6. The van der Waals surface area contributed by atoms with E-state index in [0.717, 1.165) is 0 Å². The topological polar surface area (TPSA) is 223 Å². The molecule has 0 atom stereocenters. The summed E-state index contributed by atoms with van der Waals surface area (Å²) in [4.78, 5) is 52.1. The van der Waals surface area contributed by atoms with Gasteiger partial charge in [-0.1, -0.05) is 0 Å². The zero-order chi connectivity index (χ0) is 27.3. The van der Waals surface area contributed by atoms with E-state index in [1.54, 1.807) is 0 Å². The fourth-order valence-electron chi connectivity index (χ4n) is 3.64. The molecule has 193 valence electrons. The first-order chi connectivity index (χ1) is 17.4. The molecule has 14 nitrogen and oxygen atoms in total. The van der Waals surface area contributed by atoms with Gasteiger partial charge in [0, 0.05) is 37.4 Å². The summed E-state index contributed by atoms with van der Waals surface area (Å²) in [7, 11) is 0. The number of phenolic OH excluding ortho intramolecular Hbond substituents is 2. The molecular weight excluding hydrogens is 484 g/mol. The summed E-state index contributed by atoms with van der Waals surface area (Å²) < 4.78 is -0.313. The van der Waals surface area contributed by atoms with E-state index < -0.39 is 11.8 Å². The van der Waals surface area contributed by atoms with Crippen LogP contribution in [0.2, 0.25) is 0 Å². The van der Waals surface area contributed by atoms with E-state index in [1.165, 1.54) is 56.9 Å². The third-order valence-corrected chi connectivity index (χ3v) is 5.09. The molecule has 1 aliphatic heterocycles. The molecule has 0 fully saturated rings. The predicted molar refractivity (Wildman–Crippen MR) is 138 cm³/mol. The first kappa shape index (κ1) is 26.5. The van der Waals surface area contributed by atoms with Crippen molar-refractivity contribution >= 4 is 64.1 Å². The third-order valence-electron chi connectivity index (χ3n) is 5.09. The Morgan fingerprint density at radius 1 is 0.784 bits per heavy atom. The minimum Gasteiger partial charge on any atom is -0.506 e. The Kier molecular flexibility index (Phi) is 7.63. The molecular formula is C23H27N8O6+2. The van der Waals surface area contributed by atoms with Gasteiger partial charge in [-0.15, -0.1) is 0 Å². The molecule has 0 saturated carbocycles. The second kappa shape index (κ2) is 10.7. The Morgan fingerprint density at radius 3 is 1.54 bits per heavy atom. The Bertz CT molecular complexity index is 1190. The van der Waals surface area contributed by atoms with Gasteiger partial charge in [0.05, 0.1) is 11.4 Å². The van der Waals surface area contributed by atoms with Crippen LogP contribution < -0.4 is 37.7 Å². The summed E-state index contributed by atoms with van der Waals surface area (Å²) in [6.45, 7) is 2.01. The van der Waals surface area contributed by atoms with Crippen LogP contribution in [0.1, 0.15) is 13.8 Å². The molecule has 2 aromatic rings. The molecule has 3 rings (SSSR count). The molecule has 0 unspecified atom stereocenters. The van der Waals surface area contributed by atoms with Crippen LogP contribution in [0.5, 0.6) is 11.5 Å². The average molecular weight is 512 g/mol. The number of nitrogens with two attached hydrogens (primary N) is 2. The molecule has 14 heteroatoms. The predicted octanol–water partition coefficient (Wildman–Crippen LogP) is 0.422. The number of phenols is 2. The second-order valence-corrected chi connectivity index (χ2v) is 8.36. The number of carbonyl (C=O) groups is 4. The zero-order valence-electron chi connectivity index (χ0n) is 20.0. The number of aromatic hydroxyl groups is 2. The number of aliphatic imine (C=N–C) groups is 1. The number of carbonyl (C=O) groups excluding carboxylic acids is 4. The molecule has 1 radical (unpaired) electrons. The van der Waals surface area contributed by atoms with Crippen molar-refractivity contribution in [2.45, 2.75) is 13.8 Å². The van der Waals surface area contributed by atoms with E-state index in [2.05, 4.69) is 26.3 Å². The van der Waals surface area contributed by atoms with Gasteiger partial charge in [-0.25, -0.2) is 0 Å². The lowest BCUT2D eigenvalue weighted by Crippen LogP contribution is -2.50. The van der Waals surface area contributed by atoms with Crippen molar-refractivity contribution in [1.82, 2.24) is 4.99 Å². The van der Waals surface area contributed by atoms with Crippen LogP contribution in [-0.2, 0) is 19.2 Å². The summed E-state index contributed by atoms with van der Waals surface area (Å²) in [5.74, 6) is -2.64. The fourth-order valence-corrected chi connectivity index (χ4v) is 3.64. The summed E-state index contributed by atoms with van der Waals surface area (Å²) >= 11 is 0. The van der Waals surface area contributed by atoms with Gasteiger partial charge in [-0.3, -0.25) is 19.2 Å². The van der Waals surface area contributed by atoms with Gasteiger partial charge in [-0.05, 0) is 12.1 Å². The number of nitrogens with one attached hydrogen (secondary N) is 4. The smallest absolute Gasteiger partial charge is 0.404 e. The number of nitrogen functional groups attached to an aromatic ring is 2. The maximum absolute atomic E-state index is 12.8. The van der Waals surface area contributed by atoms with E-state index >= 15 is 0 Å². The zero-order valence-corrected chi connectivity index (χ0v) is 20.0. The molecule has 0 aromatic heterocycles. The molecule has 10 N–H and O–H groups in total. The Hall–Kier alpha value is -5.11. The monoisotopic (exact) mass is 511 g/mol. The van der Waals surface area contributed by atoms with Crippen LogP contribution in [0.3, 0.4) is 0 Å². The van der Waals surface area contributed by atoms with Gasteiger partial charge in [0.25, 0.3) is 11.8 Å². The van der Waals surface area contributed by atoms with Crippen LogP contribution in [0.15, 0.2) is 36.7 Å². The van der Waals surface area contributed by atoms with Crippen LogP contribution in [-0.4, -0.2) is 57.8 Å². The normalized spacial score (nSPS) is 13.1. The van der Waals surface area contributed by atoms with Gasteiger partial charge in [0.1, 0.15) is 27.9 Å². The van der Waals surface area contributed by atoms with Crippen LogP contribution in [0.25, 0.3) is 0 Å². The highest BCUT2D eigenvalue weighted by molar-refractivity contribution is 6.01. The molecule has 0 aliphatic carbocycles. The summed E-state index contributed by atoms with van der Waals surface area (Å²) in [6.07, 6.45) is 4.32. The minimum atomic E-state index is -0.595. The van der Waals surface area contributed by atoms with E-state index in [-0.39, 0.29) is 75.0 Å². The lowest BCUT2D eigenvalue weighted by Gasteiger charge is -2.23. The molecule has 1 aliphatic rings. The maximum atomic E-state index is 12.8. The molecule has 2 aromatic carbocycles. The number of hydrogen-bond donors (Lipinski definition) is 8. The molecule has 1 heterocycles. The van der Waals surface area contributed by atoms with E-state index in [1.807, 2.05) is 0 Å². The SMILES string of the molecule is CC(=O)Nc1cc(N)c(NC(=O)C[N+]2(CC(=O)Nc3c(N)cc(NC(C)=O)cc3O)C=C[N+]=C2)c(O)c1. The summed E-state index contributed by atoms with van der Waals surface area (Å²) in [5, 5.41) is 30.5. The molecule has 0 spiro atoms. The number of quaternary nitrogens is 1. The van der Waals surface area contributed by atoms with Crippen molar-refractivity contribution in [3.05, 3.63) is 36.7 Å². The van der Waals surface area contributed by atoms with Crippen LogP contribution in [0, 0.1) is 0 Å². The Morgan fingerprint density at radius 2 is 1.22 bits per heavy atom. The third kappa shape index (κ3) is 6.73. The van der Waals surface area contributed by atoms with Crippen molar-refractivity contribution < 1.29 is 33.9 Å². The number of nitrogens with zero attached hydrogens (tertiary/aromatic N) is 2. The van der Waals surface area contributed by atoms with E-state index in [4.69, 9.17) is 11.5 Å². The highest BCUT2D eigenvalue weighted by Gasteiger charge is 2.38. The van der Waals surface area contributed by atoms with E-state index in [0.29, 0.717) is 0 Å². The number of hydrogen-bond acceptors (Lipinski definition) is 9. The van der Waals surface area contributed by atoms with Crippen molar-refractivity contribution in [2.75, 3.05) is 45.8 Å². The molecule has 0 bridgehead atoms. The maximum Gasteiger partial charge on any atom is 0.404 e. The molecule has 0 saturated heterocycles. The lowest BCUT2D eigenvalue weighted by atomic mass is 10.2. The average Bonchev–Trinajstić information content (AvgIpc) is 3.20. The Labute approximate surface area is 211 Å². The van der Waals surface area contributed by atoms with Crippen molar-refractivity contribution in [3.63, 3.8) is 0 Å². The highest BCUT2D eigenvalue weighted by atomic mass is 16.3. The summed E-state index contributed by atoms with van der Waals surface area (Å²) in [6, 6.07) is 5.21. The number of rotatable bonds is 8. The minimum absolute atomic E-state index is 0.0145. The Balaban J connectivity index is 1.71. The quantitative estimate of drug-likeness (QED) is 0.140. The van der Waals surface area contributed by atoms with Crippen LogP contribution in [0.4, 0.5) is 34.1 Å². The first-order valence-electron chi connectivity index (χ1n) is 10.9. The lowest BCUT2D eigenvalue weighted by molar-refractivity contribution is -0.760. The summed E-state index contributed by atoms with van der Waals surface area (Å²) in [5.41, 5.74) is 12.3. The van der Waals surface area contributed by atoms with Gasteiger partial charge >= 0.3 is 12.5 Å². The first-order valence-corrected chi connectivity index (χ1v) is 10.9. The van der Waals surface area contributed by atoms with E-state index in [9.17, 15) is 29.4 Å². The van der Waals surface area contributed by atoms with Crippen molar-refractivity contribution in [1.29, 1.82) is 0 Å². The van der Waals surface area contributed by atoms with Gasteiger partial charge in [0.2, 0.25) is 11.8 Å². The van der Waals surface area contributed by atoms with Crippen LogP contribution >= 0.6 is 0 Å². The van der Waals surface area contributed by atoms with Gasteiger partial charge in [0.15, 0.2) is 19.3 Å². The standard InChI is InChI=1S/C23H26N8O6/c1-12(32)27-14-5-16(24)22(18(34)7-14)29-20(36)9-31(4-3-26-11-31)10-21(37)30-23-17(25)6-15(8-19(23)35)28-13(2)33/h3-8,11H,9-10,24-25H2,1-2H3,(H5-,27,28,29,30,32,33,34,35,36,37)/q+1/p+1. The largest absolute Gasteiger partial charge is 0.506 e.